The monoisotopic (exact) mass is 371 g/mol. The molecule has 2 aromatic rings. The zero-order valence-electron chi connectivity index (χ0n) is 15.4. The summed E-state index contributed by atoms with van der Waals surface area (Å²) in [4.78, 5) is 23.8. The molecule has 0 aromatic heterocycles. The van der Waals surface area contributed by atoms with Gasteiger partial charge in [0.1, 0.15) is 17.2 Å². The fraction of sp³-hybridized carbons (Fsp3) is 0.200. The van der Waals surface area contributed by atoms with Gasteiger partial charge >= 0.3 is 5.97 Å². The lowest BCUT2D eigenvalue weighted by atomic mass is 10.2. The predicted octanol–water partition coefficient (Wildman–Crippen LogP) is 2.91. The van der Waals surface area contributed by atoms with Crippen LogP contribution in [0.15, 0.2) is 48.5 Å². The van der Waals surface area contributed by atoms with Gasteiger partial charge in [-0.1, -0.05) is 12.1 Å². The highest BCUT2D eigenvalue weighted by atomic mass is 16.5. The van der Waals surface area contributed by atoms with E-state index in [2.05, 4.69) is 5.32 Å². The van der Waals surface area contributed by atoms with Gasteiger partial charge in [-0.05, 0) is 35.9 Å². The number of esters is 1. The van der Waals surface area contributed by atoms with E-state index in [1.165, 1.54) is 20.3 Å². The maximum absolute atomic E-state index is 12.0. The Kier molecular flexibility index (Phi) is 7.25. The zero-order chi connectivity index (χ0) is 19.6. The van der Waals surface area contributed by atoms with Gasteiger partial charge in [0.2, 0.25) is 0 Å². The molecule has 0 aliphatic carbocycles. The van der Waals surface area contributed by atoms with Crippen molar-refractivity contribution in [3.05, 3.63) is 54.1 Å². The highest BCUT2D eigenvalue weighted by Gasteiger charge is 2.10. The van der Waals surface area contributed by atoms with Gasteiger partial charge in [0.05, 0.1) is 27.0 Å². The van der Waals surface area contributed by atoms with E-state index in [9.17, 15) is 9.59 Å². The van der Waals surface area contributed by atoms with Crippen molar-refractivity contribution >= 4 is 23.6 Å². The molecule has 7 nitrogen and oxygen atoms in total. The molecule has 7 heteroatoms. The average molecular weight is 371 g/mol. The number of rotatable bonds is 8. The molecule has 0 aliphatic heterocycles. The maximum Gasteiger partial charge on any atom is 0.331 e. The summed E-state index contributed by atoms with van der Waals surface area (Å²) in [5.74, 6) is 0.631. The summed E-state index contributed by atoms with van der Waals surface area (Å²) in [6, 6.07) is 12.1. The van der Waals surface area contributed by atoms with Crippen LogP contribution < -0.4 is 19.5 Å². The molecule has 0 fully saturated rings. The van der Waals surface area contributed by atoms with E-state index in [4.69, 9.17) is 18.9 Å². The summed E-state index contributed by atoms with van der Waals surface area (Å²) in [6.45, 7) is -0.424. The molecule has 1 N–H and O–H groups in total. The molecule has 0 atom stereocenters. The lowest BCUT2D eigenvalue weighted by Crippen LogP contribution is -2.20. The van der Waals surface area contributed by atoms with Crippen molar-refractivity contribution in [1.82, 2.24) is 0 Å². The van der Waals surface area contributed by atoms with Crippen LogP contribution in [-0.4, -0.2) is 39.8 Å². The van der Waals surface area contributed by atoms with Crippen LogP contribution in [0.25, 0.3) is 6.08 Å². The molecule has 27 heavy (non-hydrogen) atoms. The molecule has 0 saturated heterocycles. The zero-order valence-corrected chi connectivity index (χ0v) is 15.4. The van der Waals surface area contributed by atoms with Gasteiger partial charge in [0.15, 0.2) is 6.61 Å². The predicted molar refractivity (Wildman–Crippen MR) is 101 cm³/mol. The number of hydrogen-bond donors (Lipinski definition) is 1. The van der Waals surface area contributed by atoms with Crippen LogP contribution >= 0.6 is 0 Å². The van der Waals surface area contributed by atoms with E-state index < -0.39 is 18.5 Å². The van der Waals surface area contributed by atoms with Crippen LogP contribution in [0.4, 0.5) is 5.69 Å². The number of carbonyl (C=O) groups is 2. The van der Waals surface area contributed by atoms with Crippen LogP contribution in [0.5, 0.6) is 17.2 Å². The Labute approximate surface area is 157 Å². The first-order chi connectivity index (χ1) is 13.0. The molecule has 0 unspecified atom stereocenters. The minimum Gasteiger partial charge on any atom is -0.497 e. The molecular weight excluding hydrogens is 350 g/mol. The lowest BCUT2D eigenvalue weighted by molar-refractivity contribution is -0.142. The summed E-state index contributed by atoms with van der Waals surface area (Å²) in [6.07, 6.45) is 2.84. The van der Waals surface area contributed by atoms with Gasteiger partial charge in [-0.25, -0.2) is 4.79 Å². The van der Waals surface area contributed by atoms with Gasteiger partial charge in [-0.15, -0.1) is 0 Å². The Morgan fingerprint density at radius 3 is 2.22 bits per heavy atom. The molecule has 1 amide bonds. The molecule has 0 aliphatic rings. The number of nitrogens with one attached hydrogen (secondary N) is 1. The molecule has 0 saturated carbocycles. The smallest absolute Gasteiger partial charge is 0.331 e. The first-order valence-electron chi connectivity index (χ1n) is 8.06. The Balaban J connectivity index is 1.87. The number of methoxy groups -OCH3 is 3. The van der Waals surface area contributed by atoms with Crippen molar-refractivity contribution < 1.29 is 28.5 Å². The van der Waals surface area contributed by atoms with Gasteiger partial charge in [0, 0.05) is 12.1 Å². The first kappa shape index (κ1) is 19.8. The number of ether oxygens (including phenoxy) is 4. The molecule has 0 heterocycles. The Morgan fingerprint density at radius 1 is 0.926 bits per heavy atom. The normalized spacial score (nSPS) is 10.3. The number of carbonyl (C=O) groups excluding carboxylic acids is 2. The van der Waals surface area contributed by atoms with Crippen molar-refractivity contribution in [2.24, 2.45) is 0 Å². The summed E-state index contributed by atoms with van der Waals surface area (Å²) in [5, 5.41) is 2.62. The number of amides is 1. The second-order valence-electron chi connectivity index (χ2n) is 5.33. The quantitative estimate of drug-likeness (QED) is 0.567. The summed E-state index contributed by atoms with van der Waals surface area (Å²) in [7, 11) is 4.58. The van der Waals surface area contributed by atoms with E-state index >= 15 is 0 Å². The average Bonchev–Trinajstić information content (AvgIpc) is 2.71. The van der Waals surface area contributed by atoms with Crippen LogP contribution in [0.1, 0.15) is 5.56 Å². The summed E-state index contributed by atoms with van der Waals surface area (Å²) < 4.78 is 20.3. The topological polar surface area (TPSA) is 83.1 Å². The van der Waals surface area contributed by atoms with Crippen molar-refractivity contribution in [3.8, 4) is 17.2 Å². The lowest BCUT2D eigenvalue weighted by Gasteiger charge is -2.11. The Hall–Kier alpha value is -3.48. The molecular formula is C20H21NO6. The third-order valence-electron chi connectivity index (χ3n) is 3.55. The minimum atomic E-state index is -0.626. The van der Waals surface area contributed by atoms with Gasteiger partial charge in [0.25, 0.3) is 5.91 Å². The Morgan fingerprint density at radius 2 is 1.59 bits per heavy atom. The van der Waals surface area contributed by atoms with Crippen LogP contribution in [0.3, 0.4) is 0 Å². The van der Waals surface area contributed by atoms with E-state index in [1.807, 2.05) is 0 Å². The van der Waals surface area contributed by atoms with Crippen molar-refractivity contribution in [3.63, 3.8) is 0 Å². The van der Waals surface area contributed by atoms with E-state index in [0.29, 0.717) is 17.2 Å². The summed E-state index contributed by atoms with van der Waals surface area (Å²) >= 11 is 0. The Bertz CT molecular complexity index is 814. The molecule has 2 rings (SSSR count). The standard InChI is InChI=1S/C20H21NO6/c1-24-15-7-4-14(5-8-15)6-11-20(23)27-13-19(22)21-17-12-16(25-2)9-10-18(17)26-3/h4-12H,13H2,1-3H3,(H,21,22)/b11-6+. The third-order valence-corrected chi connectivity index (χ3v) is 3.55. The highest BCUT2D eigenvalue weighted by molar-refractivity contribution is 5.95. The summed E-state index contributed by atoms with van der Waals surface area (Å²) in [5.41, 5.74) is 1.23. The molecule has 0 radical (unpaired) electrons. The highest BCUT2D eigenvalue weighted by Crippen LogP contribution is 2.28. The second-order valence-corrected chi connectivity index (χ2v) is 5.33. The first-order valence-corrected chi connectivity index (χ1v) is 8.06. The fourth-order valence-corrected chi connectivity index (χ4v) is 2.16. The molecule has 142 valence electrons. The van der Waals surface area contributed by atoms with E-state index in [1.54, 1.807) is 55.7 Å². The van der Waals surface area contributed by atoms with Crippen LogP contribution in [0.2, 0.25) is 0 Å². The molecule has 0 spiro atoms. The second kappa shape index (κ2) is 9.86. The number of anilines is 1. The molecule has 2 aromatic carbocycles. The van der Waals surface area contributed by atoms with E-state index in [0.717, 1.165) is 11.3 Å². The van der Waals surface area contributed by atoms with Crippen LogP contribution in [0, 0.1) is 0 Å². The maximum atomic E-state index is 12.0. The number of benzene rings is 2. The SMILES string of the molecule is COc1ccc(/C=C/C(=O)OCC(=O)Nc2cc(OC)ccc2OC)cc1. The van der Waals surface area contributed by atoms with Crippen molar-refractivity contribution in [2.75, 3.05) is 33.3 Å². The largest absolute Gasteiger partial charge is 0.497 e. The van der Waals surface area contributed by atoms with E-state index in [-0.39, 0.29) is 0 Å². The fourth-order valence-electron chi connectivity index (χ4n) is 2.16. The van der Waals surface area contributed by atoms with Crippen LogP contribution in [-0.2, 0) is 14.3 Å². The number of hydrogen-bond acceptors (Lipinski definition) is 6. The minimum absolute atomic E-state index is 0.423. The van der Waals surface area contributed by atoms with Gasteiger partial charge in [-0.3, -0.25) is 4.79 Å². The van der Waals surface area contributed by atoms with Crippen molar-refractivity contribution in [1.29, 1.82) is 0 Å². The van der Waals surface area contributed by atoms with Gasteiger partial charge in [-0.2, -0.15) is 0 Å². The van der Waals surface area contributed by atoms with Gasteiger partial charge < -0.3 is 24.3 Å². The third kappa shape index (κ3) is 6.07. The van der Waals surface area contributed by atoms with Crippen molar-refractivity contribution in [2.45, 2.75) is 0 Å². The molecule has 0 bridgehead atoms.